The second-order valence-electron chi connectivity index (χ2n) is 6.30. The molecule has 2 aromatic rings. The lowest BCUT2D eigenvalue weighted by atomic mass is 10.1. The molecule has 0 spiro atoms. The van der Waals surface area contributed by atoms with Gasteiger partial charge in [-0.05, 0) is 51.7 Å². The fourth-order valence-electron chi connectivity index (χ4n) is 2.56. The van der Waals surface area contributed by atoms with Gasteiger partial charge in [0.15, 0.2) is 0 Å². The second kappa shape index (κ2) is 5.91. The maximum absolute atomic E-state index is 12.5. The van der Waals surface area contributed by atoms with E-state index in [1.165, 1.54) is 0 Å². The summed E-state index contributed by atoms with van der Waals surface area (Å²) in [6, 6.07) is 6.21. The van der Waals surface area contributed by atoms with Crippen LogP contribution in [0, 0.1) is 12.8 Å². The Morgan fingerprint density at radius 2 is 2.14 bits per heavy atom. The number of hydrogen-bond acceptors (Lipinski definition) is 3. The lowest BCUT2D eigenvalue weighted by molar-refractivity contribution is 0.0930. The molecule has 2 aromatic heterocycles. The third-order valence-corrected chi connectivity index (χ3v) is 4.00. The van der Waals surface area contributed by atoms with Crippen LogP contribution in [0.3, 0.4) is 0 Å². The monoisotopic (exact) mass is 298 g/mol. The van der Waals surface area contributed by atoms with E-state index in [0.29, 0.717) is 11.5 Å². The van der Waals surface area contributed by atoms with E-state index in [4.69, 9.17) is 0 Å². The summed E-state index contributed by atoms with van der Waals surface area (Å²) < 4.78 is 1.80. The molecule has 3 rings (SSSR count). The van der Waals surface area contributed by atoms with E-state index in [1.54, 1.807) is 17.1 Å². The first kappa shape index (κ1) is 14.8. The van der Waals surface area contributed by atoms with Crippen molar-refractivity contribution in [2.75, 3.05) is 0 Å². The number of rotatable bonds is 5. The van der Waals surface area contributed by atoms with Crippen molar-refractivity contribution in [3.05, 3.63) is 47.5 Å². The minimum Gasteiger partial charge on any atom is -0.343 e. The van der Waals surface area contributed by atoms with Crippen molar-refractivity contribution in [1.29, 1.82) is 0 Å². The molecule has 5 heteroatoms. The molecule has 0 saturated heterocycles. The number of carbonyl (C=O) groups excluding carboxylic acids is 1. The van der Waals surface area contributed by atoms with Gasteiger partial charge in [-0.2, -0.15) is 5.10 Å². The zero-order valence-corrected chi connectivity index (χ0v) is 13.3. The predicted octanol–water partition coefficient (Wildman–Crippen LogP) is 3.05. The standard InChI is InChI=1S/C17H22N4O/c1-11(2)21-10-14(9-18-21)17(22)20-16(13-7-8-13)15-6-4-5-12(3)19-15/h4-6,9-11,13,16H,7-8H2,1-3H3,(H,20,22)/t16-/m1/s1. The van der Waals surface area contributed by atoms with E-state index < -0.39 is 0 Å². The van der Waals surface area contributed by atoms with E-state index in [1.807, 2.05) is 39.0 Å². The molecular weight excluding hydrogens is 276 g/mol. The van der Waals surface area contributed by atoms with Gasteiger partial charge in [0.1, 0.15) is 0 Å². The Balaban J connectivity index is 1.77. The molecule has 0 unspecified atom stereocenters. The molecule has 1 atom stereocenters. The van der Waals surface area contributed by atoms with Crippen molar-refractivity contribution in [2.24, 2.45) is 5.92 Å². The summed E-state index contributed by atoms with van der Waals surface area (Å²) in [6.45, 7) is 6.05. The zero-order chi connectivity index (χ0) is 15.7. The van der Waals surface area contributed by atoms with Crippen LogP contribution in [0.15, 0.2) is 30.6 Å². The third kappa shape index (κ3) is 3.18. The van der Waals surface area contributed by atoms with Crippen LogP contribution in [0.5, 0.6) is 0 Å². The number of carbonyl (C=O) groups is 1. The topological polar surface area (TPSA) is 59.8 Å². The minimum absolute atomic E-state index is 0.00481. The Bertz CT molecular complexity index is 673. The summed E-state index contributed by atoms with van der Waals surface area (Å²) >= 11 is 0. The van der Waals surface area contributed by atoms with Crippen molar-refractivity contribution in [3.8, 4) is 0 Å². The lowest BCUT2D eigenvalue weighted by Crippen LogP contribution is -2.30. The highest BCUT2D eigenvalue weighted by Crippen LogP contribution is 2.40. The van der Waals surface area contributed by atoms with Gasteiger partial charge in [0.05, 0.1) is 23.5 Å². The molecule has 0 aromatic carbocycles. The third-order valence-electron chi connectivity index (χ3n) is 4.00. The van der Waals surface area contributed by atoms with E-state index in [-0.39, 0.29) is 18.0 Å². The average Bonchev–Trinajstić information content (AvgIpc) is 3.19. The molecule has 22 heavy (non-hydrogen) atoms. The number of aromatic nitrogens is 3. The number of nitrogens with zero attached hydrogens (tertiary/aromatic N) is 3. The number of amides is 1. The van der Waals surface area contributed by atoms with Gasteiger partial charge in [-0.1, -0.05) is 6.07 Å². The van der Waals surface area contributed by atoms with Gasteiger partial charge in [0, 0.05) is 17.9 Å². The summed E-state index contributed by atoms with van der Waals surface area (Å²) in [7, 11) is 0. The van der Waals surface area contributed by atoms with Crippen LogP contribution < -0.4 is 5.32 Å². The number of pyridine rings is 1. The smallest absolute Gasteiger partial charge is 0.255 e. The van der Waals surface area contributed by atoms with Gasteiger partial charge in [-0.25, -0.2) is 0 Å². The molecule has 1 saturated carbocycles. The zero-order valence-electron chi connectivity index (χ0n) is 13.3. The molecule has 1 amide bonds. The van der Waals surface area contributed by atoms with Crippen LogP contribution in [0.2, 0.25) is 0 Å². The molecule has 0 bridgehead atoms. The average molecular weight is 298 g/mol. The van der Waals surface area contributed by atoms with Crippen molar-refractivity contribution < 1.29 is 4.79 Å². The summed E-state index contributed by atoms with van der Waals surface area (Å²) in [5.74, 6) is 0.422. The largest absolute Gasteiger partial charge is 0.343 e. The number of nitrogens with one attached hydrogen (secondary N) is 1. The van der Waals surface area contributed by atoms with Crippen molar-refractivity contribution in [2.45, 2.75) is 45.7 Å². The highest BCUT2D eigenvalue weighted by Gasteiger charge is 2.34. The van der Waals surface area contributed by atoms with Crippen LogP contribution in [0.1, 0.15) is 60.5 Å². The lowest BCUT2D eigenvalue weighted by Gasteiger charge is -2.17. The first-order chi connectivity index (χ1) is 10.5. The minimum atomic E-state index is -0.0768. The summed E-state index contributed by atoms with van der Waals surface area (Å²) in [4.78, 5) is 17.1. The molecule has 116 valence electrons. The molecule has 0 aliphatic heterocycles. The maximum atomic E-state index is 12.5. The fourth-order valence-corrected chi connectivity index (χ4v) is 2.56. The van der Waals surface area contributed by atoms with Gasteiger partial charge in [-0.15, -0.1) is 0 Å². The summed E-state index contributed by atoms with van der Waals surface area (Å²) in [5, 5.41) is 7.37. The molecule has 1 aliphatic carbocycles. The van der Waals surface area contributed by atoms with Crippen LogP contribution >= 0.6 is 0 Å². The van der Waals surface area contributed by atoms with Crippen LogP contribution in [0.4, 0.5) is 0 Å². The second-order valence-corrected chi connectivity index (χ2v) is 6.30. The first-order valence-electron chi connectivity index (χ1n) is 7.83. The Morgan fingerprint density at radius 1 is 1.36 bits per heavy atom. The molecular formula is C17H22N4O. The number of hydrogen-bond donors (Lipinski definition) is 1. The Kier molecular flexibility index (Phi) is 3.96. The Hall–Kier alpha value is -2.17. The van der Waals surface area contributed by atoms with E-state index >= 15 is 0 Å². The SMILES string of the molecule is Cc1cccc([C@H](NC(=O)c2cnn(C(C)C)c2)C2CC2)n1. The van der Waals surface area contributed by atoms with Crippen LogP contribution in [-0.4, -0.2) is 20.7 Å². The summed E-state index contributed by atoms with van der Waals surface area (Å²) in [5.41, 5.74) is 2.53. The first-order valence-corrected chi connectivity index (χ1v) is 7.83. The Morgan fingerprint density at radius 3 is 2.73 bits per heavy atom. The van der Waals surface area contributed by atoms with Crippen LogP contribution in [-0.2, 0) is 0 Å². The highest BCUT2D eigenvalue weighted by atomic mass is 16.1. The van der Waals surface area contributed by atoms with Gasteiger partial charge in [0.25, 0.3) is 5.91 Å². The predicted molar refractivity (Wildman–Crippen MR) is 84.5 cm³/mol. The molecule has 2 heterocycles. The van der Waals surface area contributed by atoms with E-state index in [0.717, 1.165) is 24.2 Å². The molecule has 5 nitrogen and oxygen atoms in total. The van der Waals surface area contributed by atoms with Crippen molar-refractivity contribution in [3.63, 3.8) is 0 Å². The van der Waals surface area contributed by atoms with Crippen LogP contribution in [0.25, 0.3) is 0 Å². The Labute approximate surface area is 130 Å². The van der Waals surface area contributed by atoms with E-state index in [2.05, 4.69) is 15.4 Å². The van der Waals surface area contributed by atoms with Gasteiger partial charge >= 0.3 is 0 Å². The normalized spacial score (nSPS) is 15.8. The van der Waals surface area contributed by atoms with Gasteiger partial charge < -0.3 is 5.32 Å². The molecule has 1 aliphatic rings. The molecule has 1 N–H and O–H groups in total. The molecule has 1 fully saturated rings. The van der Waals surface area contributed by atoms with Crippen molar-refractivity contribution in [1.82, 2.24) is 20.1 Å². The molecule has 0 radical (unpaired) electrons. The maximum Gasteiger partial charge on any atom is 0.255 e. The quantitative estimate of drug-likeness (QED) is 0.923. The van der Waals surface area contributed by atoms with Crippen molar-refractivity contribution >= 4 is 5.91 Å². The summed E-state index contributed by atoms with van der Waals surface area (Å²) in [6.07, 6.45) is 5.72. The number of aryl methyl sites for hydroxylation is 1. The fraction of sp³-hybridized carbons (Fsp3) is 0.471. The van der Waals surface area contributed by atoms with E-state index in [9.17, 15) is 4.79 Å². The van der Waals surface area contributed by atoms with Gasteiger partial charge in [-0.3, -0.25) is 14.5 Å². The highest BCUT2D eigenvalue weighted by molar-refractivity contribution is 5.94. The van der Waals surface area contributed by atoms with Gasteiger partial charge in [0.2, 0.25) is 0 Å².